The van der Waals surface area contributed by atoms with Crippen LogP contribution in [0, 0.1) is 0 Å². The Labute approximate surface area is 141 Å². The maximum Gasteiger partial charge on any atom is 0.0945 e. The third-order valence-electron chi connectivity index (χ3n) is 3.11. The summed E-state index contributed by atoms with van der Waals surface area (Å²) in [5.74, 6) is 0. The summed E-state index contributed by atoms with van der Waals surface area (Å²) in [7, 11) is 0. The van der Waals surface area contributed by atoms with Gasteiger partial charge in [-0.25, -0.2) is 0 Å². The van der Waals surface area contributed by atoms with Gasteiger partial charge in [0.05, 0.1) is 6.67 Å². The Morgan fingerprint density at radius 3 is 2.00 bits per heavy atom. The SMILES string of the molecule is Br.Br.C1=CN(c2ccccc2)CN1Cc1ccccc1. The molecule has 4 heteroatoms. The van der Waals surface area contributed by atoms with Gasteiger partial charge in [-0.3, -0.25) is 0 Å². The van der Waals surface area contributed by atoms with E-state index >= 15 is 0 Å². The average Bonchev–Trinajstić information content (AvgIpc) is 2.89. The summed E-state index contributed by atoms with van der Waals surface area (Å²) < 4.78 is 0. The van der Waals surface area contributed by atoms with Gasteiger partial charge >= 0.3 is 0 Å². The molecule has 106 valence electrons. The molecule has 0 bridgehead atoms. The molecule has 0 unspecified atom stereocenters. The van der Waals surface area contributed by atoms with E-state index in [1.54, 1.807) is 0 Å². The lowest BCUT2D eigenvalue weighted by molar-refractivity contribution is 0.400. The van der Waals surface area contributed by atoms with E-state index in [2.05, 4.69) is 76.8 Å². The van der Waals surface area contributed by atoms with Crippen molar-refractivity contribution in [1.82, 2.24) is 4.90 Å². The monoisotopic (exact) mass is 396 g/mol. The molecular formula is C16H18Br2N2. The molecule has 0 N–H and O–H groups in total. The van der Waals surface area contributed by atoms with Crippen LogP contribution in [0.3, 0.4) is 0 Å². The summed E-state index contributed by atoms with van der Waals surface area (Å²) in [6, 6.07) is 21.0. The minimum Gasteiger partial charge on any atom is -0.354 e. The van der Waals surface area contributed by atoms with E-state index in [0.29, 0.717) is 0 Å². The predicted octanol–water partition coefficient (Wildman–Crippen LogP) is 4.59. The predicted molar refractivity (Wildman–Crippen MR) is 95.6 cm³/mol. The van der Waals surface area contributed by atoms with Gasteiger partial charge in [-0.1, -0.05) is 48.5 Å². The Bertz CT molecular complexity index is 529. The third kappa shape index (κ3) is 4.12. The van der Waals surface area contributed by atoms with Crippen molar-refractivity contribution in [1.29, 1.82) is 0 Å². The lowest BCUT2D eigenvalue weighted by atomic mass is 10.2. The van der Waals surface area contributed by atoms with Crippen LogP contribution in [0.15, 0.2) is 73.1 Å². The smallest absolute Gasteiger partial charge is 0.0945 e. The van der Waals surface area contributed by atoms with Crippen molar-refractivity contribution in [2.24, 2.45) is 0 Å². The first-order valence-corrected chi connectivity index (χ1v) is 6.20. The summed E-state index contributed by atoms with van der Waals surface area (Å²) in [5, 5.41) is 0. The van der Waals surface area contributed by atoms with E-state index in [9.17, 15) is 0 Å². The first-order chi connectivity index (χ1) is 8.92. The molecule has 0 radical (unpaired) electrons. The molecule has 1 aliphatic rings. The largest absolute Gasteiger partial charge is 0.354 e. The van der Waals surface area contributed by atoms with Crippen molar-refractivity contribution >= 4 is 39.7 Å². The average molecular weight is 398 g/mol. The number of nitrogens with zero attached hydrogens (tertiary/aromatic N) is 2. The fourth-order valence-electron chi connectivity index (χ4n) is 2.17. The van der Waals surface area contributed by atoms with Crippen LogP contribution in [0.4, 0.5) is 5.69 Å². The van der Waals surface area contributed by atoms with Crippen LogP contribution >= 0.6 is 34.0 Å². The van der Waals surface area contributed by atoms with Crippen molar-refractivity contribution in [3.63, 3.8) is 0 Å². The second-order valence-corrected chi connectivity index (χ2v) is 4.48. The van der Waals surface area contributed by atoms with Gasteiger partial charge in [0.1, 0.15) is 0 Å². The number of rotatable bonds is 3. The van der Waals surface area contributed by atoms with E-state index < -0.39 is 0 Å². The van der Waals surface area contributed by atoms with Crippen molar-refractivity contribution in [2.75, 3.05) is 11.6 Å². The number of anilines is 1. The molecule has 2 aromatic carbocycles. The Balaban J connectivity index is 0.000001000. The highest BCUT2D eigenvalue weighted by Crippen LogP contribution is 2.19. The summed E-state index contributed by atoms with van der Waals surface area (Å²) in [4.78, 5) is 4.56. The van der Waals surface area contributed by atoms with Crippen molar-refractivity contribution < 1.29 is 0 Å². The molecule has 0 aliphatic carbocycles. The Morgan fingerprint density at radius 2 is 1.35 bits per heavy atom. The number of hydrogen-bond acceptors (Lipinski definition) is 2. The van der Waals surface area contributed by atoms with Gasteiger partial charge in [-0.2, -0.15) is 0 Å². The van der Waals surface area contributed by atoms with Crippen LogP contribution in [-0.2, 0) is 6.54 Å². The fourth-order valence-corrected chi connectivity index (χ4v) is 2.17. The van der Waals surface area contributed by atoms with Crippen LogP contribution in [0.25, 0.3) is 0 Å². The number of benzene rings is 2. The van der Waals surface area contributed by atoms with E-state index in [0.717, 1.165) is 13.2 Å². The zero-order valence-electron chi connectivity index (χ0n) is 11.1. The number of para-hydroxylation sites is 1. The van der Waals surface area contributed by atoms with Gasteiger partial charge in [0, 0.05) is 24.6 Å². The van der Waals surface area contributed by atoms with E-state index in [-0.39, 0.29) is 34.0 Å². The summed E-state index contributed by atoms with van der Waals surface area (Å²) in [6.45, 7) is 1.87. The van der Waals surface area contributed by atoms with E-state index in [4.69, 9.17) is 0 Å². The molecule has 3 rings (SSSR count). The highest BCUT2D eigenvalue weighted by Gasteiger charge is 2.13. The van der Waals surface area contributed by atoms with Gasteiger partial charge in [-0.05, 0) is 17.7 Å². The zero-order valence-corrected chi connectivity index (χ0v) is 14.5. The first-order valence-electron chi connectivity index (χ1n) is 6.20. The van der Waals surface area contributed by atoms with Gasteiger partial charge < -0.3 is 9.80 Å². The molecule has 0 amide bonds. The van der Waals surface area contributed by atoms with Crippen molar-refractivity contribution in [3.8, 4) is 0 Å². The molecule has 1 heterocycles. The molecule has 0 fully saturated rings. The van der Waals surface area contributed by atoms with Gasteiger partial charge in [0.2, 0.25) is 0 Å². The second-order valence-electron chi connectivity index (χ2n) is 4.48. The minimum absolute atomic E-state index is 0. The molecule has 2 aromatic rings. The normalized spacial score (nSPS) is 12.8. The lowest BCUT2D eigenvalue weighted by Crippen LogP contribution is -2.24. The molecule has 0 atom stereocenters. The molecule has 20 heavy (non-hydrogen) atoms. The molecule has 1 aliphatic heterocycles. The first kappa shape index (κ1) is 16.8. The molecular weight excluding hydrogens is 380 g/mol. The Kier molecular flexibility index (Phi) is 6.82. The fraction of sp³-hybridized carbons (Fsp3) is 0.125. The van der Waals surface area contributed by atoms with Crippen LogP contribution in [0.2, 0.25) is 0 Å². The summed E-state index contributed by atoms with van der Waals surface area (Å²) >= 11 is 0. The Hall–Kier alpha value is -1.26. The summed E-state index contributed by atoms with van der Waals surface area (Å²) in [6.07, 6.45) is 4.29. The van der Waals surface area contributed by atoms with Crippen LogP contribution in [-0.4, -0.2) is 11.6 Å². The summed E-state index contributed by atoms with van der Waals surface area (Å²) in [5.41, 5.74) is 2.58. The van der Waals surface area contributed by atoms with E-state index in [1.165, 1.54) is 11.3 Å². The molecule has 0 spiro atoms. The maximum atomic E-state index is 2.31. The second kappa shape index (κ2) is 8.12. The van der Waals surface area contributed by atoms with Crippen LogP contribution < -0.4 is 4.90 Å². The quantitative estimate of drug-likeness (QED) is 0.746. The highest BCUT2D eigenvalue weighted by atomic mass is 79.9. The highest BCUT2D eigenvalue weighted by molar-refractivity contribution is 8.93. The molecule has 2 nitrogen and oxygen atoms in total. The van der Waals surface area contributed by atoms with Crippen LogP contribution in [0.5, 0.6) is 0 Å². The standard InChI is InChI=1S/C16H16N2.2BrH/c1-3-7-15(8-4-1)13-17-11-12-18(14-17)16-9-5-2-6-10-16;;/h1-12H,13-14H2;2*1H. The van der Waals surface area contributed by atoms with Gasteiger partial charge in [-0.15, -0.1) is 34.0 Å². The van der Waals surface area contributed by atoms with Crippen molar-refractivity contribution in [2.45, 2.75) is 6.54 Å². The van der Waals surface area contributed by atoms with E-state index in [1.807, 2.05) is 6.07 Å². The molecule has 0 saturated heterocycles. The number of halogens is 2. The zero-order chi connectivity index (χ0) is 12.2. The lowest BCUT2D eigenvalue weighted by Gasteiger charge is -2.21. The van der Waals surface area contributed by atoms with Gasteiger partial charge in [0.25, 0.3) is 0 Å². The number of hydrogen-bond donors (Lipinski definition) is 0. The topological polar surface area (TPSA) is 6.48 Å². The van der Waals surface area contributed by atoms with Crippen LogP contribution in [0.1, 0.15) is 5.56 Å². The Morgan fingerprint density at radius 1 is 0.750 bits per heavy atom. The van der Waals surface area contributed by atoms with Crippen molar-refractivity contribution in [3.05, 3.63) is 78.6 Å². The minimum atomic E-state index is 0. The molecule has 0 saturated carbocycles. The third-order valence-corrected chi connectivity index (χ3v) is 3.11. The van der Waals surface area contributed by atoms with Gasteiger partial charge in [0.15, 0.2) is 0 Å². The molecule has 0 aromatic heterocycles. The maximum absolute atomic E-state index is 2.31.